The van der Waals surface area contributed by atoms with Crippen LogP contribution in [0.25, 0.3) is 10.1 Å². The van der Waals surface area contributed by atoms with Crippen molar-refractivity contribution >= 4 is 67.6 Å². The number of hydrogen-bond acceptors (Lipinski definition) is 5. The highest BCUT2D eigenvalue weighted by atomic mass is 35.5. The summed E-state index contributed by atoms with van der Waals surface area (Å²) in [6, 6.07) is 12.7. The van der Waals surface area contributed by atoms with E-state index >= 15 is 0 Å². The van der Waals surface area contributed by atoms with Gasteiger partial charge in [-0.3, -0.25) is 14.9 Å². The average Bonchev–Trinajstić information content (AvgIpc) is 3.14. The Morgan fingerprint density at radius 1 is 1.12 bits per heavy atom. The summed E-state index contributed by atoms with van der Waals surface area (Å²) in [6.07, 6.45) is 0. The predicted molar refractivity (Wildman–Crippen MR) is 138 cm³/mol. The topological polar surface area (TPSA) is 78.7 Å². The maximum Gasteiger partial charge on any atom is 0.270 e. The first kappa shape index (κ1) is 23.4. The van der Waals surface area contributed by atoms with Gasteiger partial charge in [0.15, 0.2) is 5.11 Å². The Balaban J connectivity index is 1.39. The lowest BCUT2D eigenvalue weighted by molar-refractivity contribution is -0.384. The molecule has 172 valence electrons. The molecule has 1 amide bonds. The van der Waals surface area contributed by atoms with Gasteiger partial charge in [0.2, 0.25) is 0 Å². The molecular weight excluding hydrogens is 480 g/mol. The minimum atomic E-state index is -0.455. The third-order valence-corrected chi connectivity index (χ3v) is 7.71. The van der Waals surface area contributed by atoms with Crippen molar-refractivity contribution in [2.24, 2.45) is 0 Å². The van der Waals surface area contributed by atoms with E-state index in [9.17, 15) is 14.9 Å². The molecule has 1 N–H and O–H groups in total. The maximum atomic E-state index is 13.1. The number of nitro groups is 1. The maximum absolute atomic E-state index is 13.1. The molecule has 2 aromatic carbocycles. The lowest BCUT2D eigenvalue weighted by Gasteiger charge is -2.36. The first-order valence-electron chi connectivity index (χ1n) is 10.6. The summed E-state index contributed by atoms with van der Waals surface area (Å²) in [5.74, 6) is 0.313. The highest BCUT2D eigenvalue weighted by Gasteiger charge is 2.27. The molecule has 0 saturated carbocycles. The van der Waals surface area contributed by atoms with Gasteiger partial charge < -0.3 is 15.1 Å². The zero-order valence-corrected chi connectivity index (χ0v) is 20.6. The molecule has 2 heterocycles. The standard InChI is InChI=1S/C23H23ClN4O3S2/c1-14(2)15-3-5-16(6-4-15)25-23(32)27-11-9-26(10-12-27)22(29)21-20(24)18-8-7-17(28(30)31)13-19(18)33-21/h3-8,13-14H,9-12H2,1-2H3,(H,25,32). The van der Waals surface area contributed by atoms with Crippen molar-refractivity contribution in [1.29, 1.82) is 0 Å². The largest absolute Gasteiger partial charge is 0.345 e. The summed E-state index contributed by atoms with van der Waals surface area (Å²) in [5.41, 5.74) is 2.19. The van der Waals surface area contributed by atoms with Gasteiger partial charge in [-0.25, -0.2) is 0 Å². The number of fused-ring (bicyclic) bond motifs is 1. The number of hydrogen-bond donors (Lipinski definition) is 1. The number of benzene rings is 2. The Hall–Kier alpha value is -2.75. The van der Waals surface area contributed by atoms with Crippen molar-refractivity contribution in [2.45, 2.75) is 19.8 Å². The number of nitrogens with one attached hydrogen (secondary N) is 1. The van der Waals surface area contributed by atoms with E-state index in [1.165, 1.54) is 29.0 Å². The van der Waals surface area contributed by atoms with E-state index in [4.69, 9.17) is 23.8 Å². The number of piperazine rings is 1. The number of thiocarbonyl (C=S) groups is 1. The Bertz CT molecular complexity index is 1220. The van der Waals surface area contributed by atoms with Gasteiger partial charge in [0.1, 0.15) is 4.88 Å². The molecule has 33 heavy (non-hydrogen) atoms. The van der Waals surface area contributed by atoms with E-state index in [-0.39, 0.29) is 11.6 Å². The molecule has 1 saturated heterocycles. The molecule has 4 rings (SSSR count). The number of thiophene rings is 1. The van der Waals surface area contributed by atoms with Gasteiger partial charge in [-0.2, -0.15) is 0 Å². The Morgan fingerprint density at radius 2 is 1.76 bits per heavy atom. The van der Waals surface area contributed by atoms with Crippen LogP contribution in [0.1, 0.15) is 35.0 Å². The number of halogens is 1. The molecule has 3 aromatic rings. The van der Waals surface area contributed by atoms with Gasteiger partial charge in [-0.1, -0.05) is 37.6 Å². The zero-order chi connectivity index (χ0) is 23.7. The van der Waals surface area contributed by atoms with Crippen LogP contribution in [0, 0.1) is 10.1 Å². The molecule has 0 bridgehead atoms. The third kappa shape index (κ3) is 4.95. The molecule has 1 aliphatic heterocycles. The number of non-ortho nitro benzene ring substituents is 1. The monoisotopic (exact) mass is 502 g/mol. The van der Waals surface area contributed by atoms with Gasteiger partial charge in [0.25, 0.3) is 11.6 Å². The number of nitrogens with zero attached hydrogens (tertiary/aromatic N) is 3. The van der Waals surface area contributed by atoms with Gasteiger partial charge in [-0.15, -0.1) is 11.3 Å². The molecule has 1 fully saturated rings. The summed E-state index contributed by atoms with van der Waals surface area (Å²) >= 11 is 13.2. The predicted octanol–water partition coefficient (Wildman–Crippen LogP) is 5.74. The van der Waals surface area contributed by atoms with Gasteiger partial charge in [0.05, 0.1) is 9.95 Å². The fraction of sp³-hybridized carbons (Fsp3) is 0.304. The van der Waals surface area contributed by atoms with Crippen molar-refractivity contribution in [1.82, 2.24) is 9.80 Å². The summed E-state index contributed by atoms with van der Waals surface area (Å²) in [6.45, 7) is 6.55. The summed E-state index contributed by atoms with van der Waals surface area (Å²) in [4.78, 5) is 27.9. The molecule has 10 heteroatoms. The fourth-order valence-electron chi connectivity index (χ4n) is 3.72. The molecule has 0 unspecified atom stereocenters. The highest BCUT2D eigenvalue weighted by molar-refractivity contribution is 7.80. The molecule has 1 aromatic heterocycles. The van der Waals surface area contributed by atoms with E-state index in [0.29, 0.717) is 57.2 Å². The minimum absolute atomic E-state index is 0.0205. The first-order chi connectivity index (χ1) is 15.7. The van der Waals surface area contributed by atoms with Gasteiger partial charge >= 0.3 is 0 Å². The van der Waals surface area contributed by atoms with E-state index in [1.54, 1.807) is 11.0 Å². The van der Waals surface area contributed by atoms with E-state index in [1.807, 2.05) is 17.0 Å². The first-order valence-corrected chi connectivity index (χ1v) is 12.2. The van der Waals surface area contributed by atoms with E-state index in [0.717, 1.165) is 5.69 Å². The Labute approximate surface area is 206 Å². The van der Waals surface area contributed by atoms with E-state index < -0.39 is 4.92 Å². The van der Waals surface area contributed by atoms with Crippen LogP contribution in [0.4, 0.5) is 11.4 Å². The molecule has 0 radical (unpaired) electrons. The number of carbonyl (C=O) groups is 1. The molecule has 0 spiro atoms. The number of nitro benzene ring substituents is 1. The summed E-state index contributed by atoms with van der Waals surface area (Å²) in [7, 11) is 0. The third-order valence-electron chi connectivity index (χ3n) is 5.70. The SMILES string of the molecule is CC(C)c1ccc(NC(=S)N2CCN(C(=O)c3sc4cc([N+](=O)[O-])ccc4c3Cl)CC2)cc1. The normalized spacial score (nSPS) is 14.1. The quantitative estimate of drug-likeness (QED) is 0.278. The van der Waals surface area contributed by atoms with Crippen LogP contribution in [-0.4, -0.2) is 51.9 Å². The second kappa shape index (κ2) is 9.62. The molecular formula is C23H23ClN4O3S2. The second-order valence-electron chi connectivity index (χ2n) is 8.17. The Morgan fingerprint density at radius 3 is 2.36 bits per heavy atom. The smallest absolute Gasteiger partial charge is 0.270 e. The lowest BCUT2D eigenvalue weighted by Crippen LogP contribution is -2.51. The van der Waals surface area contributed by atoms with Crippen molar-refractivity contribution in [3.63, 3.8) is 0 Å². The molecule has 0 atom stereocenters. The van der Waals surface area contributed by atoms with Crippen LogP contribution >= 0.6 is 35.2 Å². The lowest BCUT2D eigenvalue weighted by atomic mass is 10.0. The molecule has 0 aliphatic carbocycles. The average molecular weight is 503 g/mol. The van der Waals surface area contributed by atoms with Crippen molar-refractivity contribution in [2.75, 3.05) is 31.5 Å². The number of amides is 1. The molecule has 1 aliphatic rings. The summed E-state index contributed by atoms with van der Waals surface area (Å²) < 4.78 is 0.630. The summed E-state index contributed by atoms with van der Waals surface area (Å²) in [5, 5.41) is 16.0. The highest BCUT2D eigenvalue weighted by Crippen LogP contribution is 2.38. The van der Waals surface area contributed by atoms with Crippen molar-refractivity contribution < 1.29 is 9.72 Å². The minimum Gasteiger partial charge on any atom is -0.345 e. The van der Waals surface area contributed by atoms with Crippen LogP contribution in [-0.2, 0) is 0 Å². The van der Waals surface area contributed by atoms with Gasteiger partial charge in [0, 0.05) is 54.1 Å². The van der Waals surface area contributed by atoms with Crippen LogP contribution in [0.2, 0.25) is 5.02 Å². The molecule has 7 nitrogen and oxygen atoms in total. The van der Waals surface area contributed by atoms with Crippen LogP contribution in [0.5, 0.6) is 0 Å². The number of anilines is 1. The van der Waals surface area contributed by atoms with Crippen LogP contribution in [0.15, 0.2) is 42.5 Å². The Kier molecular flexibility index (Phi) is 6.83. The van der Waals surface area contributed by atoms with Gasteiger partial charge in [-0.05, 0) is 41.9 Å². The van der Waals surface area contributed by atoms with Crippen LogP contribution in [0.3, 0.4) is 0 Å². The van der Waals surface area contributed by atoms with Crippen molar-refractivity contribution in [3.05, 3.63) is 68.0 Å². The van der Waals surface area contributed by atoms with E-state index in [2.05, 4.69) is 31.3 Å². The zero-order valence-electron chi connectivity index (χ0n) is 18.2. The fourth-order valence-corrected chi connectivity index (χ4v) is 5.53. The number of rotatable bonds is 4. The van der Waals surface area contributed by atoms with Crippen molar-refractivity contribution in [3.8, 4) is 0 Å². The number of carbonyl (C=O) groups excluding carboxylic acids is 1. The second-order valence-corrected chi connectivity index (χ2v) is 9.99. The van der Waals surface area contributed by atoms with Crippen LogP contribution < -0.4 is 5.32 Å².